The largest absolute Gasteiger partial charge is 0.469 e. The molecule has 1 aliphatic carbocycles. The Bertz CT molecular complexity index is 310. The molecule has 1 heterocycles. The summed E-state index contributed by atoms with van der Waals surface area (Å²) in [7, 11) is 1.44. The van der Waals surface area contributed by atoms with Crippen LogP contribution in [0.5, 0.6) is 0 Å². The van der Waals surface area contributed by atoms with Crippen LogP contribution < -0.4 is 5.32 Å². The third-order valence-electron chi connectivity index (χ3n) is 3.83. The fourth-order valence-corrected chi connectivity index (χ4v) is 2.69. The monoisotopic (exact) mass is 255 g/mol. The number of amides is 1. The number of esters is 1. The van der Waals surface area contributed by atoms with Crippen molar-refractivity contribution in [3.63, 3.8) is 0 Å². The number of rotatable bonds is 4. The molecular formula is C13H21NO4. The summed E-state index contributed by atoms with van der Waals surface area (Å²) in [5.41, 5.74) is 0. The summed E-state index contributed by atoms with van der Waals surface area (Å²) in [5, 5.41) is 2.89. The quantitative estimate of drug-likeness (QED) is 0.762. The minimum atomic E-state index is -0.100. The molecule has 0 aromatic rings. The molecule has 1 N–H and O–H groups in total. The Hall–Kier alpha value is -1.10. The topological polar surface area (TPSA) is 64.6 Å². The number of carbonyl (C=O) groups excluding carboxylic acids is 2. The average Bonchev–Trinajstić information content (AvgIpc) is 2.82. The summed E-state index contributed by atoms with van der Waals surface area (Å²) < 4.78 is 10.6. The van der Waals surface area contributed by atoms with Gasteiger partial charge in [-0.3, -0.25) is 9.59 Å². The van der Waals surface area contributed by atoms with Crippen molar-refractivity contribution >= 4 is 11.9 Å². The van der Waals surface area contributed by atoms with Gasteiger partial charge in [-0.25, -0.2) is 0 Å². The molecule has 2 rings (SSSR count). The van der Waals surface area contributed by atoms with Crippen LogP contribution >= 0.6 is 0 Å². The second kappa shape index (κ2) is 6.18. The van der Waals surface area contributed by atoms with Crippen molar-refractivity contribution in [3.8, 4) is 0 Å². The smallest absolute Gasteiger partial charge is 0.308 e. The summed E-state index contributed by atoms with van der Waals surface area (Å²) in [6, 6.07) is 0.177. The van der Waals surface area contributed by atoms with E-state index in [2.05, 4.69) is 5.32 Å². The highest BCUT2D eigenvalue weighted by atomic mass is 16.5. The van der Waals surface area contributed by atoms with Crippen molar-refractivity contribution in [2.45, 2.75) is 50.7 Å². The van der Waals surface area contributed by atoms with Gasteiger partial charge in [-0.05, 0) is 32.1 Å². The van der Waals surface area contributed by atoms with Gasteiger partial charge in [0.1, 0.15) is 0 Å². The van der Waals surface area contributed by atoms with Gasteiger partial charge in [-0.1, -0.05) is 0 Å². The third-order valence-corrected chi connectivity index (χ3v) is 3.83. The lowest BCUT2D eigenvalue weighted by Crippen LogP contribution is -2.33. The van der Waals surface area contributed by atoms with E-state index >= 15 is 0 Å². The normalized spacial score (nSPS) is 32.1. The van der Waals surface area contributed by atoms with Crippen LogP contribution in [-0.4, -0.2) is 37.7 Å². The number of methoxy groups -OCH3 is 1. The summed E-state index contributed by atoms with van der Waals surface area (Å²) >= 11 is 0. The van der Waals surface area contributed by atoms with E-state index in [1.807, 2.05) is 0 Å². The van der Waals surface area contributed by atoms with E-state index in [-0.39, 0.29) is 29.9 Å². The van der Waals surface area contributed by atoms with Gasteiger partial charge in [0.05, 0.1) is 31.8 Å². The first kappa shape index (κ1) is 13.3. The van der Waals surface area contributed by atoms with Gasteiger partial charge in [0.25, 0.3) is 0 Å². The van der Waals surface area contributed by atoms with Crippen LogP contribution in [0.15, 0.2) is 0 Å². The van der Waals surface area contributed by atoms with Crippen molar-refractivity contribution in [2.75, 3.05) is 13.7 Å². The zero-order valence-corrected chi connectivity index (χ0v) is 10.8. The minimum absolute atomic E-state index is 0.0426. The van der Waals surface area contributed by atoms with E-state index in [0.29, 0.717) is 13.0 Å². The van der Waals surface area contributed by atoms with Crippen LogP contribution in [0.2, 0.25) is 0 Å². The highest BCUT2D eigenvalue weighted by molar-refractivity contribution is 5.78. The van der Waals surface area contributed by atoms with E-state index in [1.54, 1.807) is 0 Å². The molecule has 1 amide bonds. The number of hydrogen-bond donors (Lipinski definition) is 1. The maximum Gasteiger partial charge on any atom is 0.308 e. The van der Waals surface area contributed by atoms with E-state index in [4.69, 9.17) is 9.47 Å². The number of ether oxygens (including phenoxy) is 2. The Labute approximate surface area is 107 Å². The molecule has 5 heteroatoms. The molecule has 0 aromatic carbocycles. The second-order valence-corrected chi connectivity index (χ2v) is 5.13. The Balaban J connectivity index is 1.64. The fraction of sp³-hybridized carbons (Fsp3) is 0.846. The van der Waals surface area contributed by atoms with Crippen molar-refractivity contribution in [2.24, 2.45) is 5.92 Å². The summed E-state index contributed by atoms with van der Waals surface area (Å²) in [4.78, 5) is 22.4. The highest BCUT2D eigenvalue weighted by Gasteiger charge is 2.28. The van der Waals surface area contributed by atoms with Gasteiger partial charge >= 0.3 is 5.97 Å². The molecule has 0 aromatic heterocycles. The van der Waals surface area contributed by atoms with E-state index in [0.717, 1.165) is 32.1 Å². The standard InChI is InChI=1S/C13H21NO4/c1-17-13(16)9-2-5-11(6-3-9)18-8-10-4-7-12(15)14-10/h9-11H,2-8H2,1H3,(H,14,15). The van der Waals surface area contributed by atoms with Gasteiger partial charge < -0.3 is 14.8 Å². The van der Waals surface area contributed by atoms with Gasteiger partial charge in [0.15, 0.2) is 0 Å². The molecule has 102 valence electrons. The molecule has 1 saturated carbocycles. The van der Waals surface area contributed by atoms with E-state index < -0.39 is 0 Å². The third kappa shape index (κ3) is 3.45. The molecule has 2 fully saturated rings. The van der Waals surface area contributed by atoms with Crippen LogP contribution in [0.25, 0.3) is 0 Å². The number of nitrogens with one attached hydrogen (secondary N) is 1. The van der Waals surface area contributed by atoms with Gasteiger partial charge in [-0.15, -0.1) is 0 Å². The van der Waals surface area contributed by atoms with Crippen molar-refractivity contribution < 1.29 is 19.1 Å². The van der Waals surface area contributed by atoms with E-state index in [1.165, 1.54) is 7.11 Å². The predicted molar refractivity (Wildman–Crippen MR) is 64.9 cm³/mol. The molecule has 0 bridgehead atoms. The predicted octanol–water partition coefficient (Wildman–Crippen LogP) is 1.01. The second-order valence-electron chi connectivity index (χ2n) is 5.13. The lowest BCUT2D eigenvalue weighted by Gasteiger charge is -2.27. The van der Waals surface area contributed by atoms with Crippen LogP contribution in [0.4, 0.5) is 0 Å². The van der Waals surface area contributed by atoms with Crippen LogP contribution in [-0.2, 0) is 19.1 Å². The molecule has 1 atom stereocenters. The first-order chi connectivity index (χ1) is 8.69. The Kier molecular flexibility index (Phi) is 4.58. The maximum absolute atomic E-state index is 11.4. The molecule has 1 unspecified atom stereocenters. The van der Waals surface area contributed by atoms with E-state index in [9.17, 15) is 9.59 Å². The van der Waals surface area contributed by atoms with Crippen LogP contribution in [0.3, 0.4) is 0 Å². The zero-order valence-electron chi connectivity index (χ0n) is 10.8. The van der Waals surface area contributed by atoms with Gasteiger partial charge in [0, 0.05) is 6.42 Å². The maximum atomic E-state index is 11.4. The van der Waals surface area contributed by atoms with Crippen LogP contribution in [0, 0.1) is 5.92 Å². The molecule has 5 nitrogen and oxygen atoms in total. The first-order valence-corrected chi connectivity index (χ1v) is 6.68. The highest BCUT2D eigenvalue weighted by Crippen LogP contribution is 2.27. The van der Waals surface area contributed by atoms with Crippen LogP contribution in [0.1, 0.15) is 38.5 Å². The Morgan fingerprint density at radius 1 is 1.28 bits per heavy atom. The Morgan fingerprint density at radius 3 is 2.56 bits per heavy atom. The van der Waals surface area contributed by atoms with Crippen molar-refractivity contribution in [1.29, 1.82) is 0 Å². The summed E-state index contributed by atoms with van der Waals surface area (Å²) in [6.45, 7) is 0.597. The van der Waals surface area contributed by atoms with Crippen molar-refractivity contribution in [3.05, 3.63) is 0 Å². The fourth-order valence-electron chi connectivity index (χ4n) is 2.69. The summed E-state index contributed by atoms with van der Waals surface area (Å²) in [6.07, 6.45) is 5.20. The molecule has 2 aliphatic rings. The summed E-state index contributed by atoms with van der Waals surface area (Å²) in [5.74, 6) is 0.0653. The lowest BCUT2D eigenvalue weighted by atomic mass is 9.87. The SMILES string of the molecule is COC(=O)C1CCC(OCC2CCC(=O)N2)CC1. The molecule has 1 saturated heterocycles. The molecule has 0 spiro atoms. The Morgan fingerprint density at radius 2 is 2.00 bits per heavy atom. The molecule has 0 radical (unpaired) electrons. The van der Waals surface area contributed by atoms with Gasteiger partial charge in [-0.2, -0.15) is 0 Å². The number of carbonyl (C=O) groups is 2. The minimum Gasteiger partial charge on any atom is -0.469 e. The molecule has 18 heavy (non-hydrogen) atoms. The van der Waals surface area contributed by atoms with Gasteiger partial charge in [0.2, 0.25) is 5.91 Å². The average molecular weight is 255 g/mol. The first-order valence-electron chi connectivity index (χ1n) is 6.68. The number of hydrogen-bond acceptors (Lipinski definition) is 4. The lowest BCUT2D eigenvalue weighted by molar-refractivity contribution is -0.147. The molecular weight excluding hydrogens is 234 g/mol. The zero-order chi connectivity index (χ0) is 13.0. The van der Waals surface area contributed by atoms with Crippen molar-refractivity contribution in [1.82, 2.24) is 5.32 Å². The molecule has 1 aliphatic heterocycles.